The standard InChI is InChI=1S/C16H15FN2O5/c1-3-23-16(22)11-8(2)24-15(12(11)13(18)20)19-14(21)9-4-6-10(17)7-5-9/h4-7H,3H2,1-2H3,(H2,18,20)(H,19,21). The normalized spacial score (nSPS) is 10.3. The molecule has 126 valence electrons. The molecule has 8 heteroatoms. The van der Waals surface area contributed by atoms with E-state index in [2.05, 4.69) is 5.32 Å². The number of anilines is 1. The number of furan rings is 1. The third-order valence-electron chi connectivity index (χ3n) is 3.14. The molecule has 1 aromatic heterocycles. The summed E-state index contributed by atoms with van der Waals surface area (Å²) in [5, 5.41) is 2.35. The van der Waals surface area contributed by atoms with Crippen LogP contribution in [0.25, 0.3) is 0 Å². The second kappa shape index (κ2) is 6.95. The fraction of sp³-hybridized carbons (Fsp3) is 0.188. The number of aryl methyl sites for hydroxylation is 1. The van der Waals surface area contributed by atoms with Crippen molar-refractivity contribution in [1.29, 1.82) is 0 Å². The van der Waals surface area contributed by atoms with Gasteiger partial charge in [-0.05, 0) is 38.1 Å². The number of ether oxygens (including phenoxy) is 1. The second-order valence-electron chi connectivity index (χ2n) is 4.78. The highest BCUT2D eigenvalue weighted by Gasteiger charge is 2.29. The van der Waals surface area contributed by atoms with Gasteiger partial charge in [0.1, 0.15) is 22.7 Å². The van der Waals surface area contributed by atoms with Crippen LogP contribution in [0.5, 0.6) is 0 Å². The number of rotatable bonds is 5. The molecule has 2 rings (SSSR count). The number of halogens is 1. The first-order chi connectivity index (χ1) is 11.3. The fourth-order valence-electron chi connectivity index (χ4n) is 2.09. The Morgan fingerprint density at radius 1 is 1.21 bits per heavy atom. The molecule has 0 saturated carbocycles. The molecule has 7 nitrogen and oxygen atoms in total. The Hall–Kier alpha value is -3.16. The van der Waals surface area contributed by atoms with Gasteiger partial charge in [0.05, 0.1) is 6.61 Å². The summed E-state index contributed by atoms with van der Waals surface area (Å²) in [7, 11) is 0. The van der Waals surface area contributed by atoms with E-state index in [-0.39, 0.29) is 34.9 Å². The minimum Gasteiger partial charge on any atom is -0.462 e. The summed E-state index contributed by atoms with van der Waals surface area (Å²) in [6, 6.07) is 4.75. The number of amides is 2. The molecule has 0 radical (unpaired) electrons. The average molecular weight is 334 g/mol. The van der Waals surface area contributed by atoms with Crippen LogP contribution in [0.1, 0.15) is 43.8 Å². The van der Waals surface area contributed by atoms with Crippen molar-refractivity contribution < 1.29 is 27.9 Å². The molecule has 0 spiro atoms. The van der Waals surface area contributed by atoms with Gasteiger partial charge in [0.2, 0.25) is 5.88 Å². The number of hydrogen-bond donors (Lipinski definition) is 2. The van der Waals surface area contributed by atoms with Crippen LogP contribution in [0, 0.1) is 12.7 Å². The van der Waals surface area contributed by atoms with Gasteiger partial charge in [-0.2, -0.15) is 0 Å². The number of carbonyl (C=O) groups is 3. The lowest BCUT2D eigenvalue weighted by atomic mass is 10.1. The van der Waals surface area contributed by atoms with Crippen molar-refractivity contribution in [2.45, 2.75) is 13.8 Å². The molecule has 0 atom stereocenters. The Morgan fingerprint density at radius 3 is 2.38 bits per heavy atom. The number of esters is 1. The monoisotopic (exact) mass is 334 g/mol. The Kier molecular flexibility index (Phi) is 4.98. The quantitative estimate of drug-likeness (QED) is 0.815. The number of primary amides is 1. The van der Waals surface area contributed by atoms with Crippen LogP contribution in [0.2, 0.25) is 0 Å². The summed E-state index contributed by atoms with van der Waals surface area (Å²) in [6.45, 7) is 3.14. The van der Waals surface area contributed by atoms with Gasteiger partial charge in [0.25, 0.3) is 11.8 Å². The molecule has 2 amide bonds. The molecule has 0 bridgehead atoms. The predicted molar refractivity (Wildman–Crippen MR) is 82.3 cm³/mol. The van der Waals surface area contributed by atoms with Crippen molar-refractivity contribution in [1.82, 2.24) is 0 Å². The van der Waals surface area contributed by atoms with Gasteiger partial charge >= 0.3 is 5.97 Å². The van der Waals surface area contributed by atoms with Crippen LogP contribution < -0.4 is 11.1 Å². The Balaban J connectivity index is 2.38. The van der Waals surface area contributed by atoms with E-state index in [0.717, 1.165) is 12.1 Å². The van der Waals surface area contributed by atoms with Crippen LogP contribution in [-0.4, -0.2) is 24.4 Å². The Morgan fingerprint density at radius 2 is 1.83 bits per heavy atom. The number of hydrogen-bond acceptors (Lipinski definition) is 5. The van der Waals surface area contributed by atoms with E-state index < -0.39 is 23.6 Å². The first kappa shape index (κ1) is 17.2. The van der Waals surface area contributed by atoms with E-state index in [9.17, 15) is 18.8 Å². The molecule has 0 saturated heterocycles. The van der Waals surface area contributed by atoms with Crippen LogP contribution in [0.3, 0.4) is 0 Å². The van der Waals surface area contributed by atoms with Crippen LogP contribution in [-0.2, 0) is 4.74 Å². The molecule has 0 aliphatic heterocycles. The van der Waals surface area contributed by atoms with E-state index in [0.29, 0.717) is 0 Å². The lowest BCUT2D eigenvalue weighted by molar-refractivity contribution is 0.0521. The topological polar surface area (TPSA) is 112 Å². The molecule has 24 heavy (non-hydrogen) atoms. The van der Waals surface area contributed by atoms with Crippen molar-refractivity contribution in [2.24, 2.45) is 5.73 Å². The molecule has 1 aromatic carbocycles. The first-order valence-corrected chi connectivity index (χ1v) is 7.02. The number of carbonyl (C=O) groups excluding carboxylic acids is 3. The molecule has 0 aliphatic carbocycles. The fourth-order valence-corrected chi connectivity index (χ4v) is 2.09. The molecule has 2 aromatic rings. The van der Waals surface area contributed by atoms with Gasteiger partial charge in [0, 0.05) is 5.56 Å². The lowest BCUT2D eigenvalue weighted by Crippen LogP contribution is -2.20. The van der Waals surface area contributed by atoms with Crippen LogP contribution >= 0.6 is 0 Å². The SMILES string of the molecule is CCOC(=O)c1c(C)oc(NC(=O)c2ccc(F)cc2)c1C(N)=O. The third kappa shape index (κ3) is 3.43. The summed E-state index contributed by atoms with van der Waals surface area (Å²) in [4.78, 5) is 35.8. The molecule has 1 heterocycles. The molecule has 3 N–H and O–H groups in total. The summed E-state index contributed by atoms with van der Waals surface area (Å²) in [6.07, 6.45) is 0. The molecule has 0 unspecified atom stereocenters. The Bertz CT molecular complexity index is 796. The molecule has 0 fully saturated rings. The summed E-state index contributed by atoms with van der Waals surface area (Å²) in [5.74, 6) is -3.07. The van der Waals surface area contributed by atoms with E-state index in [1.54, 1.807) is 6.92 Å². The highest BCUT2D eigenvalue weighted by Crippen LogP contribution is 2.28. The largest absolute Gasteiger partial charge is 0.462 e. The van der Waals surface area contributed by atoms with Crippen molar-refractivity contribution in [3.63, 3.8) is 0 Å². The van der Waals surface area contributed by atoms with Crippen molar-refractivity contribution in [2.75, 3.05) is 11.9 Å². The smallest absolute Gasteiger partial charge is 0.342 e. The minimum atomic E-state index is -0.954. The third-order valence-corrected chi connectivity index (χ3v) is 3.14. The van der Waals surface area contributed by atoms with Gasteiger partial charge in [-0.25, -0.2) is 9.18 Å². The van der Waals surface area contributed by atoms with Crippen molar-refractivity contribution >= 4 is 23.7 Å². The average Bonchev–Trinajstić information content (AvgIpc) is 2.84. The van der Waals surface area contributed by atoms with Crippen LogP contribution in [0.15, 0.2) is 28.7 Å². The maximum Gasteiger partial charge on any atom is 0.342 e. The van der Waals surface area contributed by atoms with Gasteiger partial charge in [-0.1, -0.05) is 0 Å². The number of benzene rings is 1. The summed E-state index contributed by atoms with van der Waals surface area (Å²) < 4.78 is 23.0. The maximum atomic E-state index is 12.9. The van der Waals surface area contributed by atoms with E-state index in [1.165, 1.54) is 19.1 Å². The maximum absolute atomic E-state index is 12.9. The summed E-state index contributed by atoms with van der Waals surface area (Å²) >= 11 is 0. The molecule has 0 aliphatic rings. The zero-order valence-corrected chi connectivity index (χ0v) is 13.0. The minimum absolute atomic E-state index is 0.0802. The van der Waals surface area contributed by atoms with Crippen molar-refractivity contribution in [3.05, 3.63) is 52.5 Å². The Labute approximate surface area is 136 Å². The zero-order chi connectivity index (χ0) is 17.9. The second-order valence-corrected chi connectivity index (χ2v) is 4.78. The van der Waals surface area contributed by atoms with Gasteiger partial charge in [0.15, 0.2) is 0 Å². The zero-order valence-electron chi connectivity index (χ0n) is 13.0. The molecular weight excluding hydrogens is 319 g/mol. The highest BCUT2D eigenvalue weighted by molar-refractivity contribution is 6.12. The number of nitrogens with one attached hydrogen (secondary N) is 1. The van der Waals surface area contributed by atoms with E-state index in [1.807, 2.05) is 0 Å². The summed E-state index contributed by atoms with van der Waals surface area (Å²) in [5.41, 5.74) is 5.01. The van der Waals surface area contributed by atoms with E-state index in [4.69, 9.17) is 14.9 Å². The van der Waals surface area contributed by atoms with Gasteiger partial charge in [-0.15, -0.1) is 0 Å². The van der Waals surface area contributed by atoms with Gasteiger partial charge in [-0.3, -0.25) is 14.9 Å². The predicted octanol–water partition coefficient (Wildman–Crippen LogP) is 2.26. The van der Waals surface area contributed by atoms with Crippen molar-refractivity contribution in [3.8, 4) is 0 Å². The van der Waals surface area contributed by atoms with Gasteiger partial charge < -0.3 is 14.9 Å². The highest BCUT2D eigenvalue weighted by atomic mass is 19.1. The van der Waals surface area contributed by atoms with E-state index >= 15 is 0 Å². The van der Waals surface area contributed by atoms with Crippen LogP contribution in [0.4, 0.5) is 10.3 Å². The number of nitrogens with two attached hydrogens (primary N) is 1. The lowest BCUT2D eigenvalue weighted by Gasteiger charge is -2.05. The first-order valence-electron chi connectivity index (χ1n) is 7.02. The molecular formula is C16H15FN2O5.